The van der Waals surface area contributed by atoms with Crippen LogP contribution in [0.2, 0.25) is 0 Å². The van der Waals surface area contributed by atoms with Crippen LogP contribution in [-0.4, -0.2) is 54.2 Å². The third kappa shape index (κ3) is 3.51. The van der Waals surface area contributed by atoms with Crippen molar-refractivity contribution < 1.29 is 9.50 Å². The molecule has 19 heavy (non-hydrogen) atoms. The van der Waals surface area contributed by atoms with Crippen LogP contribution in [0.1, 0.15) is 11.6 Å². The lowest BCUT2D eigenvalue weighted by molar-refractivity contribution is 0.0981. The van der Waals surface area contributed by atoms with Gasteiger partial charge in [0.25, 0.3) is 0 Å². The number of hydrogen-bond acceptors (Lipinski definition) is 4. The first-order valence-electron chi connectivity index (χ1n) is 6.47. The van der Waals surface area contributed by atoms with Crippen LogP contribution in [-0.2, 0) is 0 Å². The normalized spacial score (nSPS) is 19.0. The summed E-state index contributed by atoms with van der Waals surface area (Å²) < 4.78 is 13.2. The van der Waals surface area contributed by atoms with Crippen LogP contribution >= 0.6 is 0 Å². The maximum atomic E-state index is 13.2. The molecule has 102 valence electrons. The number of hydrogen-bond donors (Lipinski definition) is 1. The Labute approximate surface area is 112 Å². The molecule has 1 N–H and O–H groups in total. The molecule has 2 rings (SSSR count). The van der Waals surface area contributed by atoms with E-state index in [0.29, 0.717) is 12.1 Å². The predicted molar refractivity (Wildman–Crippen MR) is 69.9 cm³/mol. The molecule has 5 heteroatoms. The second-order valence-electron chi connectivity index (χ2n) is 4.69. The van der Waals surface area contributed by atoms with E-state index in [9.17, 15) is 9.65 Å². The van der Waals surface area contributed by atoms with E-state index in [2.05, 4.69) is 15.9 Å². The third-order valence-electron chi connectivity index (χ3n) is 3.47. The lowest BCUT2D eigenvalue weighted by Gasteiger charge is -2.36. The molecule has 1 aromatic carbocycles. The number of piperazine rings is 1. The molecule has 1 aliphatic heterocycles. The Morgan fingerprint density at radius 2 is 2.05 bits per heavy atom. The zero-order valence-electron chi connectivity index (χ0n) is 10.8. The molecule has 0 saturated carbocycles. The van der Waals surface area contributed by atoms with Crippen LogP contribution < -0.4 is 0 Å². The van der Waals surface area contributed by atoms with E-state index >= 15 is 0 Å². The Kier molecular flexibility index (Phi) is 4.86. The molecule has 1 fully saturated rings. The van der Waals surface area contributed by atoms with Gasteiger partial charge in [-0.2, -0.15) is 5.26 Å². The first-order valence-corrected chi connectivity index (χ1v) is 6.47. The lowest BCUT2D eigenvalue weighted by Crippen LogP contribution is -2.48. The lowest BCUT2D eigenvalue weighted by atomic mass is 10.1. The summed E-state index contributed by atoms with van der Waals surface area (Å²) in [5.74, 6) is -0.309. The Morgan fingerprint density at radius 1 is 1.32 bits per heavy atom. The van der Waals surface area contributed by atoms with E-state index in [1.54, 1.807) is 12.1 Å². The van der Waals surface area contributed by atoms with E-state index in [1.807, 2.05) is 0 Å². The summed E-state index contributed by atoms with van der Waals surface area (Å²) in [5, 5.41) is 18.2. The van der Waals surface area contributed by atoms with Crippen LogP contribution in [0.15, 0.2) is 24.3 Å². The number of nitrogens with zero attached hydrogens (tertiary/aromatic N) is 3. The molecular formula is C14H18FN3O. The van der Waals surface area contributed by atoms with E-state index in [-0.39, 0.29) is 12.4 Å². The van der Waals surface area contributed by atoms with E-state index < -0.39 is 6.04 Å². The summed E-state index contributed by atoms with van der Waals surface area (Å²) in [7, 11) is 0. The number of rotatable bonds is 4. The molecule has 1 aliphatic rings. The van der Waals surface area contributed by atoms with Gasteiger partial charge in [0.05, 0.1) is 12.7 Å². The molecule has 0 spiro atoms. The summed E-state index contributed by atoms with van der Waals surface area (Å²) in [6, 6.07) is 8.09. The van der Waals surface area contributed by atoms with Gasteiger partial charge in [-0.15, -0.1) is 0 Å². The maximum Gasteiger partial charge on any atom is 0.124 e. The number of nitriles is 1. The molecular weight excluding hydrogens is 245 g/mol. The van der Waals surface area contributed by atoms with Crippen LogP contribution in [0.3, 0.4) is 0 Å². The van der Waals surface area contributed by atoms with E-state index in [4.69, 9.17) is 5.11 Å². The fraction of sp³-hybridized carbons (Fsp3) is 0.500. The van der Waals surface area contributed by atoms with Gasteiger partial charge >= 0.3 is 0 Å². The van der Waals surface area contributed by atoms with Gasteiger partial charge in [-0.05, 0) is 17.7 Å². The minimum atomic E-state index is -0.396. The molecule has 0 bridgehead atoms. The highest BCUT2D eigenvalue weighted by atomic mass is 19.1. The van der Waals surface area contributed by atoms with Crippen molar-refractivity contribution in [1.29, 1.82) is 5.26 Å². The van der Waals surface area contributed by atoms with Gasteiger partial charge in [-0.3, -0.25) is 9.80 Å². The number of aliphatic hydroxyl groups excluding tert-OH is 1. The van der Waals surface area contributed by atoms with Crippen molar-refractivity contribution in [1.82, 2.24) is 9.80 Å². The topological polar surface area (TPSA) is 50.5 Å². The molecule has 1 saturated heterocycles. The van der Waals surface area contributed by atoms with Gasteiger partial charge in [0.1, 0.15) is 11.9 Å². The number of benzene rings is 1. The molecule has 0 aromatic heterocycles. The second kappa shape index (κ2) is 6.62. The molecule has 0 aliphatic carbocycles. The van der Waals surface area contributed by atoms with Crippen LogP contribution in [0.25, 0.3) is 0 Å². The highest BCUT2D eigenvalue weighted by molar-refractivity contribution is 5.25. The van der Waals surface area contributed by atoms with Crippen molar-refractivity contribution in [3.05, 3.63) is 35.6 Å². The Hall–Kier alpha value is -1.48. The van der Waals surface area contributed by atoms with Crippen LogP contribution in [0.4, 0.5) is 4.39 Å². The summed E-state index contributed by atoms with van der Waals surface area (Å²) >= 11 is 0. The molecule has 1 aromatic rings. The van der Waals surface area contributed by atoms with Crippen molar-refractivity contribution in [2.75, 3.05) is 39.3 Å². The highest BCUT2D eigenvalue weighted by Gasteiger charge is 2.24. The largest absolute Gasteiger partial charge is 0.395 e. The number of β-amino-alcohol motifs (C(OH)–C–C–N with tert-alkyl or cyclic N) is 1. The molecule has 0 radical (unpaired) electrons. The zero-order chi connectivity index (χ0) is 13.7. The quantitative estimate of drug-likeness (QED) is 0.880. The van der Waals surface area contributed by atoms with Gasteiger partial charge in [-0.25, -0.2) is 4.39 Å². The van der Waals surface area contributed by atoms with Gasteiger partial charge in [-0.1, -0.05) is 12.1 Å². The third-order valence-corrected chi connectivity index (χ3v) is 3.47. The maximum absolute atomic E-state index is 13.2. The van der Waals surface area contributed by atoms with Crippen LogP contribution in [0.5, 0.6) is 0 Å². The van der Waals surface area contributed by atoms with Crippen molar-refractivity contribution in [2.24, 2.45) is 0 Å². The minimum absolute atomic E-state index is 0.158. The molecule has 1 atom stereocenters. The first-order chi connectivity index (χ1) is 9.24. The molecule has 1 unspecified atom stereocenters. The Balaban J connectivity index is 2.02. The average molecular weight is 263 g/mol. The fourth-order valence-corrected chi connectivity index (χ4v) is 2.43. The monoisotopic (exact) mass is 263 g/mol. The molecule has 0 amide bonds. The fourth-order valence-electron chi connectivity index (χ4n) is 2.43. The van der Waals surface area contributed by atoms with Gasteiger partial charge in [0.15, 0.2) is 0 Å². The highest BCUT2D eigenvalue weighted by Crippen LogP contribution is 2.22. The van der Waals surface area contributed by atoms with Gasteiger partial charge in [0, 0.05) is 32.7 Å². The average Bonchev–Trinajstić information content (AvgIpc) is 2.42. The Morgan fingerprint density at radius 3 is 2.63 bits per heavy atom. The van der Waals surface area contributed by atoms with Gasteiger partial charge in [0.2, 0.25) is 0 Å². The molecule has 4 nitrogen and oxygen atoms in total. The number of aliphatic hydroxyl groups is 1. The van der Waals surface area contributed by atoms with E-state index in [0.717, 1.165) is 26.2 Å². The standard InChI is InChI=1S/C14H18FN3O/c15-13-3-1-2-12(10-13)14(11-16)18-6-4-17(5-7-18)8-9-19/h1-3,10,14,19H,4-9H2. The first kappa shape index (κ1) is 13.9. The molecule has 1 heterocycles. The smallest absolute Gasteiger partial charge is 0.124 e. The second-order valence-corrected chi connectivity index (χ2v) is 4.69. The van der Waals surface area contributed by atoms with Crippen LogP contribution in [0, 0.1) is 17.1 Å². The van der Waals surface area contributed by atoms with Crippen molar-refractivity contribution in [2.45, 2.75) is 6.04 Å². The Bertz CT molecular complexity index is 452. The summed E-state index contributed by atoms with van der Waals surface area (Å²) in [6.45, 7) is 4.00. The van der Waals surface area contributed by atoms with Gasteiger partial charge < -0.3 is 5.11 Å². The SMILES string of the molecule is N#CC(c1cccc(F)c1)N1CCN(CCO)CC1. The van der Waals surface area contributed by atoms with Crippen molar-refractivity contribution in [3.63, 3.8) is 0 Å². The summed E-state index contributed by atoms with van der Waals surface area (Å²) in [6.07, 6.45) is 0. The summed E-state index contributed by atoms with van der Waals surface area (Å²) in [5.41, 5.74) is 0.707. The minimum Gasteiger partial charge on any atom is -0.395 e. The number of halogens is 1. The summed E-state index contributed by atoms with van der Waals surface area (Å²) in [4.78, 5) is 4.22. The predicted octanol–water partition coefficient (Wildman–Crippen LogP) is 1.00. The van der Waals surface area contributed by atoms with E-state index in [1.165, 1.54) is 12.1 Å². The zero-order valence-corrected chi connectivity index (χ0v) is 10.8. The van der Waals surface area contributed by atoms with Crippen molar-refractivity contribution in [3.8, 4) is 6.07 Å². The van der Waals surface area contributed by atoms with Crippen molar-refractivity contribution >= 4 is 0 Å².